The first-order valence-electron chi connectivity index (χ1n) is 12.3. The van der Waals surface area contributed by atoms with Crippen molar-refractivity contribution in [3.63, 3.8) is 0 Å². The molecule has 0 spiro atoms. The van der Waals surface area contributed by atoms with E-state index < -0.39 is 6.17 Å². The maximum Gasteiger partial charge on any atom is 0.229 e. The molecular formula is C27H25ClF2N6O2. The number of halogens is 3. The lowest BCUT2D eigenvalue weighted by Crippen LogP contribution is -2.28. The fourth-order valence-electron chi connectivity index (χ4n) is 4.98. The van der Waals surface area contributed by atoms with Crippen LogP contribution in [0.15, 0.2) is 55.0 Å². The van der Waals surface area contributed by atoms with Crippen LogP contribution in [0, 0.1) is 5.82 Å². The normalized spacial score (nSPS) is 18.9. The van der Waals surface area contributed by atoms with Crippen LogP contribution in [0.25, 0.3) is 5.69 Å². The van der Waals surface area contributed by atoms with Crippen molar-refractivity contribution in [1.29, 1.82) is 0 Å². The Morgan fingerprint density at radius 2 is 2.00 bits per heavy atom. The molecule has 1 fully saturated rings. The smallest absolute Gasteiger partial charge is 0.229 e. The van der Waals surface area contributed by atoms with Gasteiger partial charge in [0.2, 0.25) is 5.95 Å². The number of methoxy groups -OCH3 is 1. The molecule has 0 bridgehead atoms. The highest BCUT2D eigenvalue weighted by Crippen LogP contribution is 2.38. The number of hydrogen-bond acceptors (Lipinski definition) is 7. The summed E-state index contributed by atoms with van der Waals surface area (Å²) in [5, 5.41) is 3.67. The Labute approximate surface area is 223 Å². The lowest BCUT2D eigenvalue weighted by Gasteiger charge is -2.30. The van der Waals surface area contributed by atoms with E-state index in [2.05, 4.69) is 10.3 Å². The summed E-state index contributed by atoms with van der Waals surface area (Å²) >= 11 is 5.99. The Morgan fingerprint density at radius 3 is 2.71 bits per heavy atom. The van der Waals surface area contributed by atoms with Crippen LogP contribution in [0.3, 0.4) is 0 Å². The molecule has 196 valence electrons. The van der Waals surface area contributed by atoms with Crippen LogP contribution in [0.4, 0.5) is 26.2 Å². The van der Waals surface area contributed by atoms with Crippen molar-refractivity contribution in [2.45, 2.75) is 25.1 Å². The Bertz CT molecular complexity index is 1460. The van der Waals surface area contributed by atoms with Gasteiger partial charge in [-0.25, -0.2) is 18.7 Å². The van der Waals surface area contributed by atoms with E-state index in [9.17, 15) is 8.78 Å². The average Bonchev–Trinajstić information content (AvgIpc) is 3.56. The van der Waals surface area contributed by atoms with Crippen LogP contribution >= 0.6 is 11.6 Å². The fraction of sp³-hybridized carbons (Fsp3) is 0.296. The highest BCUT2D eigenvalue weighted by atomic mass is 35.5. The second-order valence-corrected chi connectivity index (χ2v) is 9.69. The van der Waals surface area contributed by atoms with Crippen molar-refractivity contribution in [3.8, 4) is 11.4 Å². The molecule has 38 heavy (non-hydrogen) atoms. The molecule has 2 aliphatic rings. The monoisotopic (exact) mass is 538 g/mol. The van der Waals surface area contributed by atoms with Gasteiger partial charge in [0.1, 0.15) is 35.0 Å². The summed E-state index contributed by atoms with van der Waals surface area (Å²) in [6.45, 7) is 1.55. The number of anilines is 3. The zero-order valence-electron chi connectivity index (χ0n) is 20.6. The van der Waals surface area contributed by atoms with Gasteiger partial charge in [-0.05, 0) is 36.2 Å². The minimum Gasteiger partial charge on any atom is -0.494 e. The van der Waals surface area contributed by atoms with Crippen molar-refractivity contribution in [3.05, 3.63) is 82.8 Å². The average molecular weight is 539 g/mol. The largest absolute Gasteiger partial charge is 0.494 e. The van der Waals surface area contributed by atoms with Crippen molar-refractivity contribution in [1.82, 2.24) is 19.5 Å². The maximum absolute atomic E-state index is 14.2. The summed E-state index contributed by atoms with van der Waals surface area (Å²) in [7, 11) is 1.59. The minimum atomic E-state index is -0.914. The zero-order valence-corrected chi connectivity index (χ0v) is 21.3. The van der Waals surface area contributed by atoms with E-state index in [1.807, 2.05) is 23.1 Å². The minimum absolute atomic E-state index is 0.215. The standard InChI is InChI=1S/C27H25ClF2N6O2/c1-37-23-10-19(6-7-22(23)36-12-24(28)31-15-36)32-27-33-25-20(16-2-4-17(29)5-3-16)13-38-14-21(25)26(34-27)35-9-8-18(30)11-35/h2-7,10,12,15,18,20H,8-9,11,13-14H2,1H3,(H,32,33,34)/t18-,20?/m0/s1. The maximum atomic E-state index is 14.2. The number of fused-ring (bicyclic) bond motifs is 1. The number of aromatic nitrogens is 4. The summed E-state index contributed by atoms with van der Waals surface area (Å²) in [4.78, 5) is 15.7. The first-order chi connectivity index (χ1) is 18.5. The molecule has 6 rings (SSSR count). The van der Waals surface area contributed by atoms with E-state index in [0.717, 1.165) is 22.5 Å². The van der Waals surface area contributed by atoms with E-state index in [1.54, 1.807) is 36.3 Å². The lowest BCUT2D eigenvalue weighted by molar-refractivity contribution is 0.0976. The molecule has 8 nitrogen and oxygen atoms in total. The molecule has 2 aromatic heterocycles. The molecule has 4 aromatic rings. The number of rotatable bonds is 6. The van der Waals surface area contributed by atoms with Crippen molar-refractivity contribution < 1.29 is 18.3 Å². The van der Waals surface area contributed by atoms with Gasteiger partial charge in [-0.3, -0.25) is 0 Å². The first kappa shape index (κ1) is 24.6. The molecule has 1 unspecified atom stereocenters. The SMILES string of the molecule is COc1cc(Nc2nc3c(c(N4CC[C@H](F)C4)n2)COCC3c2ccc(F)cc2)ccc1-n1cnc(Cl)c1. The molecule has 11 heteroatoms. The molecule has 0 amide bonds. The lowest BCUT2D eigenvalue weighted by atomic mass is 9.91. The Morgan fingerprint density at radius 1 is 1.16 bits per heavy atom. The van der Waals surface area contributed by atoms with Crippen LogP contribution in [-0.2, 0) is 11.3 Å². The van der Waals surface area contributed by atoms with Gasteiger partial charge < -0.3 is 24.3 Å². The van der Waals surface area contributed by atoms with E-state index in [4.69, 9.17) is 31.0 Å². The van der Waals surface area contributed by atoms with Gasteiger partial charge in [0.05, 0.1) is 44.2 Å². The Balaban J connectivity index is 1.39. The van der Waals surface area contributed by atoms with Crippen LogP contribution in [-0.4, -0.2) is 52.5 Å². The second kappa shape index (κ2) is 10.2. The molecule has 1 saturated heterocycles. The molecule has 2 aliphatic heterocycles. The van der Waals surface area contributed by atoms with E-state index in [0.29, 0.717) is 54.5 Å². The molecule has 0 aliphatic carbocycles. The molecule has 1 N–H and O–H groups in total. The molecule has 2 atom stereocenters. The van der Waals surface area contributed by atoms with Crippen LogP contribution < -0.4 is 15.0 Å². The predicted molar refractivity (Wildman–Crippen MR) is 140 cm³/mol. The van der Waals surface area contributed by atoms with Gasteiger partial charge in [-0.1, -0.05) is 23.7 Å². The zero-order chi connectivity index (χ0) is 26.2. The molecule has 0 saturated carbocycles. The summed E-state index contributed by atoms with van der Waals surface area (Å²) < 4.78 is 41.1. The van der Waals surface area contributed by atoms with E-state index >= 15 is 0 Å². The molecule has 4 heterocycles. The van der Waals surface area contributed by atoms with Gasteiger partial charge in [0.25, 0.3) is 0 Å². The van der Waals surface area contributed by atoms with Gasteiger partial charge in [-0.2, -0.15) is 4.98 Å². The Hall–Kier alpha value is -3.76. The van der Waals surface area contributed by atoms with Crippen LogP contribution in [0.1, 0.15) is 29.2 Å². The molecular weight excluding hydrogens is 514 g/mol. The van der Waals surface area contributed by atoms with Gasteiger partial charge in [0, 0.05) is 30.1 Å². The predicted octanol–water partition coefficient (Wildman–Crippen LogP) is 5.42. The Kier molecular flexibility index (Phi) is 6.59. The highest BCUT2D eigenvalue weighted by Gasteiger charge is 2.32. The molecule has 0 radical (unpaired) electrons. The quantitative estimate of drug-likeness (QED) is 0.351. The third-order valence-corrected chi connectivity index (χ3v) is 7.04. The number of ether oxygens (including phenoxy) is 2. The van der Waals surface area contributed by atoms with Crippen molar-refractivity contribution in [2.75, 3.05) is 37.0 Å². The highest BCUT2D eigenvalue weighted by molar-refractivity contribution is 6.29. The number of nitrogens with zero attached hydrogens (tertiary/aromatic N) is 5. The van der Waals surface area contributed by atoms with Gasteiger partial charge >= 0.3 is 0 Å². The number of imidazole rings is 1. The summed E-state index contributed by atoms with van der Waals surface area (Å²) in [5.41, 5.74) is 3.98. The summed E-state index contributed by atoms with van der Waals surface area (Å²) in [5.74, 6) is 1.10. The van der Waals surface area contributed by atoms with E-state index in [-0.39, 0.29) is 18.3 Å². The third-order valence-electron chi connectivity index (χ3n) is 6.85. The number of nitrogens with one attached hydrogen (secondary N) is 1. The third kappa shape index (κ3) is 4.77. The van der Waals surface area contributed by atoms with Gasteiger partial charge in [-0.15, -0.1) is 0 Å². The number of alkyl halides is 1. The van der Waals surface area contributed by atoms with Crippen LogP contribution in [0.2, 0.25) is 5.15 Å². The summed E-state index contributed by atoms with van der Waals surface area (Å²) in [6.07, 6.45) is 2.83. The summed E-state index contributed by atoms with van der Waals surface area (Å²) in [6, 6.07) is 11.9. The van der Waals surface area contributed by atoms with Crippen molar-refractivity contribution in [2.24, 2.45) is 0 Å². The van der Waals surface area contributed by atoms with E-state index in [1.165, 1.54) is 12.1 Å². The molecule has 2 aromatic carbocycles. The fourth-order valence-corrected chi connectivity index (χ4v) is 5.13. The van der Waals surface area contributed by atoms with Gasteiger partial charge in [0.15, 0.2) is 0 Å². The van der Waals surface area contributed by atoms with Crippen LogP contribution in [0.5, 0.6) is 5.75 Å². The number of benzene rings is 2. The number of hydrogen-bond donors (Lipinski definition) is 1. The second-order valence-electron chi connectivity index (χ2n) is 9.30. The van der Waals surface area contributed by atoms with Crippen molar-refractivity contribution >= 4 is 29.1 Å². The first-order valence-corrected chi connectivity index (χ1v) is 12.6. The topological polar surface area (TPSA) is 77.3 Å².